The number of aromatic carboxylic acids is 1. The molecule has 2 rings (SSSR count). The molecule has 0 radical (unpaired) electrons. The maximum atomic E-state index is 13.6. The van der Waals surface area contributed by atoms with Crippen LogP contribution in [-0.4, -0.2) is 11.1 Å². The number of carboxylic acids is 1. The molecule has 0 aliphatic heterocycles. The molecule has 0 heterocycles. The Kier molecular flexibility index (Phi) is 3.98. The van der Waals surface area contributed by atoms with Crippen LogP contribution < -0.4 is 5.32 Å². The van der Waals surface area contributed by atoms with E-state index in [0.29, 0.717) is 5.69 Å². The molecule has 0 bridgehead atoms. The molecule has 3 nitrogen and oxygen atoms in total. The normalized spacial score (nSPS) is 10.3. The number of rotatable bonds is 4. The van der Waals surface area contributed by atoms with Gasteiger partial charge in [0.15, 0.2) is 0 Å². The number of nitrogens with one attached hydrogen (secondary N) is 1. The predicted octanol–water partition coefficient (Wildman–Crippen LogP) is 3.58. The molecule has 104 valence electrons. The highest BCUT2D eigenvalue weighted by Crippen LogP contribution is 2.18. The maximum Gasteiger partial charge on any atom is 0.335 e. The Balaban J connectivity index is 2.20. The minimum Gasteiger partial charge on any atom is -0.478 e. The Labute approximate surface area is 114 Å². The van der Waals surface area contributed by atoms with E-state index in [0.717, 1.165) is 11.6 Å². The van der Waals surface area contributed by atoms with Crippen molar-refractivity contribution in [3.8, 4) is 0 Å². The standard InChI is InChI=1S/C15H13F2NO2/c1-9-2-4-12(16)7-14(9)18-8-11-6-10(15(19)20)3-5-13(11)17/h2-7,18H,8H2,1H3,(H,19,20). The summed E-state index contributed by atoms with van der Waals surface area (Å²) in [5.41, 5.74) is 1.60. The molecule has 20 heavy (non-hydrogen) atoms. The first-order valence-electron chi connectivity index (χ1n) is 5.99. The summed E-state index contributed by atoms with van der Waals surface area (Å²) in [4.78, 5) is 10.8. The lowest BCUT2D eigenvalue weighted by Gasteiger charge is -2.11. The van der Waals surface area contributed by atoms with Gasteiger partial charge in [-0.05, 0) is 42.8 Å². The largest absolute Gasteiger partial charge is 0.478 e. The van der Waals surface area contributed by atoms with Gasteiger partial charge in [0, 0.05) is 17.8 Å². The van der Waals surface area contributed by atoms with E-state index in [-0.39, 0.29) is 17.7 Å². The van der Waals surface area contributed by atoms with Crippen molar-refractivity contribution >= 4 is 11.7 Å². The van der Waals surface area contributed by atoms with Crippen molar-refractivity contribution in [2.45, 2.75) is 13.5 Å². The van der Waals surface area contributed by atoms with Gasteiger partial charge in [-0.3, -0.25) is 0 Å². The van der Waals surface area contributed by atoms with Crippen molar-refractivity contribution in [3.05, 3.63) is 64.7 Å². The maximum absolute atomic E-state index is 13.6. The number of hydrogen-bond donors (Lipinski definition) is 2. The van der Waals surface area contributed by atoms with Crippen molar-refractivity contribution in [1.82, 2.24) is 0 Å². The van der Waals surface area contributed by atoms with Crippen molar-refractivity contribution in [3.63, 3.8) is 0 Å². The summed E-state index contributed by atoms with van der Waals surface area (Å²) < 4.78 is 26.7. The lowest BCUT2D eigenvalue weighted by atomic mass is 10.1. The van der Waals surface area contributed by atoms with Gasteiger partial charge in [-0.15, -0.1) is 0 Å². The fraction of sp³-hybridized carbons (Fsp3) is 0.133. The van der Waals surface area contributed by atoms with Crippen LogP contribution in [0, 0.1) is 18.6 Å². The third kappa shape index (κ3) is 3.12. The number of halogens is 2. The first-order valence-corrected chi connectivity index (χ1v) is 5.99. The highest BCUT2D eigenvalue weighted by atomic mass is 19.1. The first kappa shape index (κ1) is 14.0. The van der Waals surface area contributed by atoms with E-state index < -0.39 is 17.6 Å². The zero-order valence-electron chi connectivity index (χ0n) is 10.8. The third-order valence-corrected chi connectivity index (χ3v) is 2.96. The minimum absolute atomic E-state index is 0.0131. The summed E-state index contributed by atoms with van der Waals surface area (Å²) in [5, 5.41) is 11.8. The van der Waals surface area contributed by atoms with Gasteiger partial charge >= 0.3 is 5.97 Å². The van der Waals surface area contributed by atoms with Gasteiger partial charge in [-0.2, -0.15) is 0 Å². The zero-order chi connectivity index (χ0) is 14.7. The van der Waals surface area contributed by atoms with Crippen LogP contribution in [-0.2, 0) is 6.54 Å². The highest BCUT2D eigenvalue weighted by molar-refractivity contribution is 5.87. The lowest BCUT2D eigenvalue weighted by Crippen LogP contribution is -2.06. The second-order valence-corrected chi connectivity index (χ2v) is 4.42. The van der Waals surface area contributed by atoms with Crippen LogP contribution in [0.15, 0.2) is 36.4 Å². The molecule has 0 atom stereocenters. The van der Waals surface area contributed by atoms with Gasteiger partial charge in [0.2, 0.25) is 0 Å². The molecule has 0 fully saturated rings. The molecule has 0 saturated heterocycles. The van der Waals surface area contributed by atoms with E-state index in [4.69, 9.17) is 5.11 Å². The van der Waals surface area contributed by atoms with Gasteiger partial charge in [0.05, 0.1) is 5.56 Å². The third-order valence-electron chi connectivity index (χ3n) is 2.96. The van der Waals surface area contributed by atoms with Crippen LogP contribution in [0.3, 0.4) is 0 Å². The quantitative estimate of drug-likeness (QED) is 0.898. The molecule has 2 N–H and O–H groups in total. The van der Waals surface area contributed by atoms with Crippen LogP contribution >= 0.6 is 0 Å². The Morgan fingerprint density at radius 1 is 1.20 bits per heavy atom. The first-order chi connectivity index (χ1) is 9.47. The summed E-state index contributed by atoms with van der Waals surface area (Å²) in [7, 11) is 0. The number of carboxylic acid groups (broad SMARTS) is 1. The molecular weight excluding hydrogens is 264 g/mol. The van der Waals surface area contributed by atoms with Crippen LogP contribution in [0.25, 0.3) is 0 Å². The molecular formula is C15H13F2NO2. The summed E-state index contributed by atoms with van der Waals surface area (Å²) in [6, 6.07) is 7.84. The Hall–Kier alpha value is -2.43. The van der Waals surface area contributed by atoms with Crippen molar-refractivity contribution in [2.75, 3.05) is 5.32 Å². The van der Waals surface area contributed by atoms with E-state index in [2.05, 4.69) is 5.32 Å². The Morgan fingerprint density at radius 2 is 1.95 bits per heavy atom. The fourth-order valence-corrected chi connectivity index (χ4v) is 1.82. The Morgan fingerprint density at radius 3 is 2.65 bits per heavy atom. The van der Waals surface area contributed by atoms with Crippen molar-refractivity contribution in [1.29, 1.82) is 0 Å². The van der Waals surface area contributed by atoms with Crippen LogP contribution in [0.1, 0.15) is 21.5 Å². The van der Waals surface area contributed by atoms with E-state index in [9.17, 15) is 13.6 Å². The topological polar surface area (TPSA) is 49.3 Å². The van der Waals surface area contributed by atoms with Crippen molar-refractivity contribution in [2.24, 2.45) is 0 Å². The second-order valence-electron chi connectivity index (χ2n) is 4.42. The smallest absolute Gasteiger partial charge is 0.335 e. The number of hydrogen-bond acceptors (Lipinski definition) is 2. The number of carbonyl (C=O) groups is 1. The summed E-state index contributed by atoms with van der Waals surface area (Å²) in [6.45, 7) is 1.88. The summed E-state index contributed by atoms with van der Waals surface area (Å²) >= 11 is 0. The average Bonchev–Trinajstić information content (AvgIpc) is 2.41. The molecule has 0 aliphatic rings. The fourth-order valence-electron chi connectivity index (χ4n) is 1.82. The van der Waals surface area contributed by atoms with E-state index in [1.54, 1.807) is 13.0 Å². The lowest BCUT2D eigenvalue weighted by molar-refractivity contribution is 0.0696. The minimum atomic E-state index is -1.12. The summed E-state index contributed by atoms with van der Waals surface area (Å²) in [6.07, 6.45) is 0. The number of benzene rings is 2. The second kappa shape index (κ2) is 5.69. The molecule has 0 saturated carbocycles. The monoisotopic (exact) mass is 277 g/mol. The average molecular weight is 277 g/mol. The number of aryl methyl sites for hydroxylation is 1. The SMILES string of the molecule is Cc1ccc(F)cc1NCc1cc(C(=O)O)ccc1F. The van der Waals surface area contributed by atoms with Crippen LogP contribution in [0.5, 0.6) is 0 Å². The van der Waals surface area contributed by atoms with E-state index in [1.165, 1.54) is 24.3 Å². The highest BCUT2D eigenvalue weighted by Gasteiger charge is 2.09. The van der Waals surface area contributed by atoms with Crippen molar-refractivity contribution < 1.29 is 18.7 Å². The number of anilines is 1. The molecule has 0 aromatic heterocycles. The van der Waals surface area contributed by atoms with Gasteiger partial charge < -0.3 is 10.4 Å². The Bertz CT molecular complexity index is 656. The van der Waals surface area contributed by atoms with Gasteiger partial charge in [0.1, 0.15) is 11.6 Å². The molecule has 0 aliphatic carbocycles. The van der Waals surface area contributed by atoms with Gasteiger partial charge in [-0.25, -0.2) is 13.6 Å². The predicted molar refractivity (Wildman–Crippen MR) is 71.8 cm³/mol. The molecule has 2 aromatic carbocycles. The van der Waals surface area contributed by atoms with Gasteiger partial charge in [0.25, 0.3) is 0 Å². The molecule has 0 amide bonds. The van der Waals surface area contributed by atoms with E-state index >= 15 is 0 Å². The zero-order valence-corrected chi connectivity index (χ0v) is 10.8. The molecule has 0 spiro atoms. The van der Waals surface area contributed by atoms with Crippen LogP contribution in [0.4, 0.5) is 14.5 Å². The molecule has 0 unspecified atom stereocenters. The van der Waals surface area contributed by atoms with Gasteiger partial charge in [-0.1, -0.05) is 6.07 Å². The van der Waals surface area contributed by atoms with Crippen LogP contribution in [0.2, 0.25) is 0 Å². The summed E-state index contributed by atoms with van der Waals surface area (Å²) in [5.74, 6) is -2.01. The van der Waals surface area contributed by atoms with E-state index in [1.807, 2.05) is 0 Å². The molecule has 5 heteroatoms. The molecule has 2 aromatic rings.